The zero-order valence-electron chi connectivity index (χ0n) is 15.8. The van der Waals surface area contributed by atoms with Crippen molar-refractivity contribution in [1.82, 2.24) is 4.90 Å². The van der Waals surface area contributed by atoms with Gasteiger partial charge in [-0.05, 0) is 55.5 Å². The normalized spacial score (nSPS) is 16.9. The average molecular weight is 368 g/mol. The highest BCUT2D eigenvalue weighted by molar-refractivity contribution is 6.05. The van der Waals surface area contributed by atoms with Crippen molar-refractivity contribution in [3.63, 3.8) is 0 Å². The van der Waals surface area contributed by atoms with E-state index in [0.29, 0.717) is 17.2 Å². The zero-order valence-corrected chi connectivity index (χ0v) is 15.8. The third-order valence-corrected chi connectivity index (χ3v) is 5.23. The maximum Gasteiger partial charge on any atom is 0.258 e. The van der Waals surface area contributed by atoms with Gasteiger partial charge in [0.2, 0.25) is 0 Å². The molecule has 1 saturated heterocycles. The standard InChI is InChI=1S/C22H25FN2O2/c1-3-16-7-6-12-25(14-16)22(27)17-11-10-15(2)20(13-17)24-21(26)18-8-4-5-9-19(18)23/h4-5,8-11,13,16H,3,6-7,12,14H2,1-2H3,(H,24,26). The number of rotatable bonds is 4. The summed E-state index contributed by atoms with van der Waals surface area (Å²) in [5.74, 6) is -0.563. The first-order valence-corrected chi connectivity index (χ1v) is 9.45. The molecule has 2 aromatic carbocycles. The molecule has 142 valence electrons. The number of hydrogen-bond acceptors (Lipinski definition) is 2. The molecular weight excluding hydrogens is 343 g/mol. The number of piperidine rings is 1. The SMILES string of the molecule is CCC1CCCN(C(=O)c2ccc(C)c(NC(=O)c3ccccc3F)c2)C1. The van der Waals surface area contributed by atoms with Crippen LogP contribution in [0.4, 0.5) is 10.1 Å². The Morgan fingerprint density at radius 1 is 1.22 bits per heavy atom. The molecule has 1 fully saturated rings. The lowest BCUT2D eigenvalue weighted by Crippen LogP contribution is -2.39. The van der Waals surface area contributed by atoms with E-state index in [9.17, 15) is 14.0 Å². The summed E-state index contributed by atoms with van der Waals surface area (Å²) < 4.78 is 13.8. The van der Waals surface area contributed by atoms with Crippen LogP contribution in [-0.4, -0.2) is 29.8 Å². The van der Waals surface area contributed by atoms with E-state index in [4.69, 9.17) is 0 Å². The van der Waals surface area contributed by atoms with Crippen LogP contribution >= 0.6 is 0 Å². The molecule has 0 bridgehead atoms. The van der Waals surface area contributed by atoms with Gasteiger partial charge in [0.15, 0.2) is 0 Å². The molecule has 1 heterocycles. The molecule has 27 heavy (non-hydrogen) atoms. The van der Waals surface area contributed by atoms with Gasteiger partial charge in [0.1, 0.15) is 5.82 Å². The minimum Gasteiger partial charge on any atom is -0.338 e. The van der Waals surface area contributed by atoms with E-state index < -0.39 is 11.7 Å². The summed E-state index contributed by atoms with van der Waals surface area (Å²) in [7, 11) is 0. The van der Waals surface area contributed by atoms with Crippen LogP contribution < -0.4 is 5.32 Å². The molecule has 1 aliphatic rings. The van der Waals surface area contributed by atoms with Crippen molar-refractivity contribution in [3.05, 3.63) is 65.0 Å². The molecule has 1 aliphatic heterocycles. The van der Waals surface area contributed by atoms with Gasteiger partial charge in [-0.2, -0.15) is 0 Å². The number of nitrogens with one attached hydrogen (secondary N) is 1. The van der Waals surface area contributed by atoms with Gasteiger partial charge < -0.3 is 10.2 Å². The number of likely N-dealkylation sites (tertiary alicyclic amines) is 1. The van der Waals surface area contributed by atoms with Gasteiger partial charge in [0, 0.05) is 24.3 Å². The summed E-state index contributed by atoms with van der Waals surface area (Å²) in [6, 6.07) is 11.1. The van der Waals surface area contributed by atoms with Crippen molar-refractivity contribution >= 4 is 17.5 Å². The van der Waals surface area contributed by atoms with Crippen LogP contribution in [0, 0.1) is 18.7 Å². The molecular formula is C22H25FN2O2. The van der Waals surface area contributed by atoms with Crippen LogP contribution in [0.2, 0.25) is 0 Å². The van der Waals surface area contributed by atoms with E-state index in [-0.39, 0.29) is 11.5 Å². The van der Waals surface area contributed by atoms with E-state index >= 15 is 0 Å². The topological polar surface area (TPSA) is 49.4 Å². The van der Waals surface area contributed by atoms with Crippen molar-refractivity contribution in [3.8, 4) is 0 Å². The van der Waals surface area contributed by atoms with Crippen molar-refractivity contribution in [2.24, 2.45) is 5.92 Å². The Morgan fingerprint density at radius 2 is 2.00 bits per heavy atom. The lowest BCUT2D eigenvalue weighted by Gasteiger charge is -2.32. The van der Waals surface area contributed by atoms with Gasteiger partial charge in [-0.1, -0.05) is 31.5 Å². The number of carbonyl (C=O) groups is 2. The Bertz CT molecular complexity index is 850. The Kier molecular flexibility index (Phi) is 5.89. The number of aryl methyl sites for hydroxylation is 1. The molecule has 5 heteroatoms. The number of hydrogen-bond donors (Lipinski definition) is 1. The second-order valence-electron chi connectivity index (χ2n) is 7.13. The summed E-state index contributed by atoms with van der Waals surface area (Å²) in [6.07, 6.45) is 3.26. The van der Waals surface area contributed by atoms with Crippen LogP contribution in [0.1, 0.15) is 52.5 Å². The Morgan fingerprint density at radius 3 is 2.74 bits per heavy atom. The summed E-state index contributed by atoms with van der Waals surface area (Å²) in [5, 5.41) is 2.74. The Hall–Kier alpha value is -2.69. The van der Waals surface area contributed by atoms with Crippen molar-refractivity contribution in [1.29, 1.82) is 0 Å². The number of anilines is 1. The fourth-order valence-corrected chi connectivity index (χ4v) is 3.49. The summed E-state index contributed by atoms with van der Waals surface area (Å²) in [5.41, 5.74) is 1.87. The molecule has 4 nitrogen and oxygen atoms in total. The third kappa shape index (κ3) is 4.35. The van der Waals surface area contributed by atoms with Crippen LogP contribution in [-0.2, 0) is 0 Å². The van der Waals surface area contributed by atoms with E-state index in [1.165, 1.54) is 12.1 Å². The maximum atomic E-state index is 13.8. The number of amides is 2. The predicted octanol–water partition coefficient (Wildman–Crippen LogP) is 4.65. The first-order valence-electron chi connectivity index (χ1n) is 9.45. The van der Waals surface area contributed by atoms with Crippen LogP contribution in [0.15, 0.2) is 42.5 Å². The number of benzene rings is 2. The minimum atomic E-state index is -0.571. The van der Waals surface area contributed by atoms with Gasteiger partial charge >= 0.3 is 0 Å². The van der Waals surface area contributed by atoms with Gasteiger partial charge in [0.05, 0.1) is 5.56 Å². The first-order chi connectivity index (χ1) is 13.0. The predicted molar refractivity (Wildman–Crippen MR) is 104 cm³/mol. The van der Waals surface area contributed by atoms with Crippen molar-refractivity contribution in [2.45, 2.75) is 33.1 Å². The molecule has 1 N–H and O–H groups in total. The monoisotopic (exact) mass is 368 g/mol. The number of nitrogens with zero attached hydrogens (tertiary/aromatic N) is 1. The molecule has 0 saturated carbocycles. The fourth-order valence-electron chi connectivity index (χ4n) is 3.49. The highest BCUT2D eigenvalue weighted by Gasteiger charge is 2.24. The van der Waals surface area contributed by atoms with Crippen molar-refractivity contribution < 1.29 is 14.0 Å². The smallest absolute Gasteiger partial charge is 0.258 e. The lowest BCUT2D eigenvalue weighted by atomic mass is 9.95. The first kappa shape index (κ1) is 19.1. The zero-order chi connectivity index (χ0) is 19.4. The van der Waals surface area contributed by atoms with Crippen molar-refractivity contribution in [2.75, 3.05) is 18.4 Å². The molecule has 0 aromatic heterocycles. The highest BCUT2D eigenvalue weighted by Crippen LogP contribution is 2.23. The van der Waals surface area contributed by atoms with Crippen LogP contribution in [0.3, 0.4) is 0 Å². The number of halogens is 1. The Balaban J connectivity index is 1.79. The molecule has 1 unspecified atom stereocenters. The second kappa shape index (κ2) is 8.33. The van der Waals surface area contributed by atoms with E-state index in [2.05, 4.69) is 12.2 Å². The highest BCUT2D eigenvalue weighted by atomic mass is 19.1. The quantitative estimate of drug-likeness (QED) is 0.854. The maximum absolute atomic E-state index is 13.8. The summed E-state index contributed by atoms with van der Waals surface area (Å²) >= 11 is 0. The number of carbonyl (C=O) groups excluding carboxylic acids is 2. The second-order valence-corrected chi connectivity index (χ2v) is 7.13. The Labute approximate surface area is 159 Å². The lowest BCUT2D eigenvalue weighted by molar-refractivity contribution is 0.0671. The average Bonchev–Trinajstić information content (AvgIpc) is 2.69. The molecule has 3 rings (SSSR count). The van der Waals surface area contributed by atoms with E-state index in [1.807, 2.05) is 17.9 Å². The van der Waals surface area contributed by atoms with Crippen LogP contribution in [0.25, 0.3) is 0 Å². The molecule has 0 radical (unpaired) electrons. The fraction of sp³-hybridized carbons (Fsp3) is 0.364. The van der Waals surface area contributed by atoms with E-state index in [0.717, 1.165) is 37.9 Å². The molecule has 2 amide bonds. The van der Waals surface area contributed by atoms with Crippen LogP contribution in [0.5, 0.6) is 0 Å². The summed E-state index contributed by atoms with van der Waals surface area (Å²) in [6.45, 7) is 5.54. The third-order valence-electron chi connectivity index (χ3n) is 5.23. The molecule has 0 aliphatic carbocycles. The molecule has 2 aromatic rings. The van der Waals surface area contributed by atoms with Gasteiger partial charge in [0.25, 0.3) is 11.8 Å². The van der Waals surface area contributed by atoms with Gasteiger partial charge in [-0.25, -0.2) is 4.39 Å². The molecule has 0 spiro atoms. The van der Waals surface area contributed by atoms with E-state index in [1.54, 1.807) is 24.3 Å². The summed E-state index contributed by atoms with van der Waals surface area (Å²) in [4.78, 5) is 27.2. The molecule has 1 atom stereocenters. The van der Waals surface area contributed by atoms with Gasteiger partial charge in [-0.3, -0.25) is 9.59 Å². The minimum absolute atomic E-state index is 0.0181. The van der Waals surface area contributed by atoms with Gasteiger partial charge in [-0.15, -0.1) is 0 Å². The largest absolute Gasteiger partial charge is 0.338 e.